The van der Waals surface area contributed by atoms with E-state index in [4.69, 9.17) is 8.94 Å². The lowest BCUT2D eigenvalue weighted by molar-refractivity contribution is 0.185. The van der Waals surface area contributed by atoms with E-state index in [-0.39, 0.29) is 0 Å². The van der Waals surface area contributed by atoms with Crippen LogP contribution in [-0.2, 0) is 6.54 Å². The predicted octanol–water partition coefficient (Wildman–Crippen LogP) is 2.78. The molecule has 116 valence electrons. The zero-order valence-corrected chi connectivity index (χ0v) is 12.4. The maximum absolute atomic E-state index is 9.98. The number of aliphatic hydroxyl groups is 1. The third-order valence-electron chi connectivity index (χ3n) is 3.59. The fraction of sp³-hybridized carbons (Fsp3) is 0.188. The lowest BCUT2D eigenvalue weighted by Gasteiger charge is -2.08. The first-order valence-corrected chi connectivity index (χ1v) is 7.21. The van der Waals surface area contributed by atoms with Gasteiger partial charge >= 0.3 is 0 Å². The summed E-state index contributed by atoms with van der Waals surface area (Å²) in [5.74, 6) is 1.48. The van der Waals surface area contributed by atoms with Crippen LogP contribution < -0.4 is 0 Å². The number of fused-ring (bicyclic) bond motifs is 1. The summed E-state index contributed by atoms with van der Waals surface area (Å²) in [4.78, 5) is 8.84. The fourth-order valence-electron chi connectivity index (χ4n) is 2.54. The molecule has 4 rings (SSSR count). The highest BCUT2D eigenvalue weighted by atomic mass is 16.5. The van der Waals surface area contributed by atoms with Gasteiger partial charge in [-0.3, -0.25) is 0 Å². The Kier molecular flexibility index (Phi) is 3.20. The summed E-state index contributed by atoms with van der Waals surface area (Å²) in [6.07, 6.45) is 2.40. The molecule has 7 heteroatoms. The van der Waals surface area contributed by atoms with Crippen molar-refractivity contribution in [2.24, 2.45) is 0 Å². The SMILES string of the molecule is C[C@@H](O)c1nc2ccccc2n1Cc1noc(-c2ccoc2)n1. The van der Waals surface area contributed by atoms with E-state index in [9.17, 15) is 5.11 Å². The summed E-state index contributed by atoms with van der Waals surface area (Å²) in [6, 6.07) is 9.46. The van der Waals surface area contributed by atoms with Crippen molar-refractivity contribution in [3.63, 3.8) is 0 Å². The number of imidazole rings is 1. The molecule has 0 aliphatic carbocycles. The van der Waals surface area contributed by atoms with Gasteiger partial charge in [0.2, 0.25) is 0 Å². The number of hydrogen-bond acceptors (Lipinski definition) is 6. The Balaban J connectivity index is 1.74. The van der Waals surface area contributed by atoms with Gasteiger partial charge in [-0.2, -0.15) is 4.98 Å². The highest BCUT2D eigenvalue weighted by Gasteiger charge is 2.17. The number of furan rings is 1. The lowest BCUT2D eigenvalue weighted by atomic mass is 10.3. The highest BCUT2D eigenvalue weighted by molar-refractivity contribution is 5.76. The normalized spacial score (nSPS) is 12.8. The first-order valence-electron chi connectivity index (χ1n) is 7.21. The van der Waals surface area contributed by atoms with E-state index in [0.717, 1.165) is 16.6 Å². The van der Waals surface area contributed by atoms with Gasteiger partial charge in [0.25, 0.3) is 5.89 Å². The third-order valence-corrected chi connectivity index (χ3v) is 3.59. The third kappa shape index (κ3) is 2.40. The molecule has 0 fully saturated rings. The lowest BCUT2D eigenvalue weighted by Crippen LogP contribution is -2.09. The topological polar surface area (TPSA) is 90.1 Å². The van der Waals surface area contributed by atoms with Crippen LogP contribution in [-0.4, -0.2) is 24.8 Å². The van der Waals surface area contributed by atoms with Gasteiger partial charge in [-0.25, -0.2) is 4.98 Å². The quantitative estimate of drug-likeness (QED) is 0.623. The molecule has 23 heavy (non-hydrogen) atoms. The summed E-state index contributed by atoms with van der Waals surface area (Å²) in [5.41, 5.74) is 2.47. The van der Waals surface area contributed by atoms with Crippen LogP contribution in [0.5, 0.6) is 0 Å². The summed E-state index contributed by atoms with van der Waals surface area (Å²) in [7, 11) is 0. The van der Waals surface area contributed by atoms with Crippen LogP contribution in [0.25, 0.3) is 22.5 Å². The molecule has 7 nitrogen and oxygen atoms in total. The molecule has 1 atom stereocenters. The predicted molar refractivity (Wildman–Crippen MR) is 81.5 cm³/mol. The van der Waals surface area contributed by atoms with E-state index in [0.29, 0.717) is 24.1 Å². The smallest absolute Gasteiger partial charge is 0.261 e. The second-order valence-corrected chi connectivity index (χ2v) is 5.25. The molecule has 0 saturated heterocycles. The molecular formula is C16H14N4O3. The largest absolute Gasteiger partial charge is 0.472 e. The minimum absolute atomic E-state index is 0.363. The molecule has 0 bridgehead atoms. The van der Waals surface area contributed by atoms with E-state index in [1.165, 1.54) is 0 Å². The van der Waals surface area contributed by atoms with E-state index < -0.39 is 6.10 Å². The summed E-state index contributed by atoms with van der Waals surface area (Å²) in [5, 5.41) is 14.0. The van der Waals surface area contributed by atoms with Crippen LogP contribution in [0.4, 0.5) is 0 Å². The van der Waals surface area contributed by atoms with Crippen LogP contribution >= 0.6 is 0 Å². The van der Waals surface area contributed by atoms with E-state index in [2.05, 4.69) is 15.1 Å². The van der Waals surface area contributed by atoms with Gasteiger partial charge in [-0.1, -0.05) is 17.3 Å². The first kappa shape index (κ1) is 13.7. The van der Waals surface area contributed by atoms with Gasteiger partial charge in [0.1, 0.15) is 18.2 Å². The minimum atomic E-state index is -0.692. The van der Waals surface area contributed by atoms with Crippen LogP contribution in [0.1, 0.15) is 24.7 Å². The Morgan fingerprint density at radius 3 is 2.87 bits per heavy atom. The maximum atomic E-state index is 9.98. The van der Waals surface area contributed by atoms with Crippen molar-refractivity contribution in [2.45, 2.75) is 19.6 Å². The number of hydrogen-bond donors (Lipinski definition) is 1. The zero-order chi connectivity index (χ0) is 15.8. The molecule has 0 spiro atoms. The Hall–Kier alpha value is -2.93. The highest BCUT2D eigenvalue weighted by Crippen LogP contribution is 2.23. The average Bonchev–Trinajstić information content (AvgIpc) is 3.26. The van der Waals surface area contributed by atoms with Gasteiger partial charge in [0.05, 0.1) is 29.4 Å². The number of para-hydroxylation sites is 2. The van der Waals surface area contributed by atoms with Gasteiger partial charge in [0.15, 0.2) is 5.82 Å². The molecular weight excluding hydrogens is 296 g/mol. The van der Waals surface area contributed by atoms with E-state index in [1.807, 2.05) is 28.8 Å². The molecule has 0 radical (unpaired) electrons. The molecule has 0 amide bonds. The minimum Gasteiger partial charge on any atom is -0.472 e. The monoisotopic (exact) mass is 310 g/mol. The van der Waals surface area contributed by atoms with Crippen molar-refractivity contribution >= 4 is 11.0 Å². The van der Waals surface area contributed by atoms with Crippen LogP contribution in [0, 0.1) is 0 Å². The molecule has 4 aromatic rings. The molecule has 0 saturated carbocycles. The second-order valence-electron chi connectivity index (χ2n) is 5.25. The van der Waals surface area contributed by atoms with Crippen molar-refractivity contribution in [3.05, 3.63) is 54.5 Å². The van der Waals surface area contributed by atoms with Crippen LogP contribution in [0.3, 0.4) is 0 Å². The van der Waals surface area contributed by atoms with Crippen molar-refractivity contribution in [3.8, 4) is 11.5 Å². The van der Waals surface area contributed by atoms with Crippen molar-refractivity contribution in [1.29, 1.82) is 0 Å². The molecule has 0 aliphatic rings. The number of aliphatic hydroxyl groups excluding tert-OH is 1. The number of nitrogens with zero attached hydrogens (tertiary/aromatic N) is 4. The fourth-order valence-corrected chi connectivity index (χ4v) is 2.54. The van der Waals surface area contributed by atoms with E-state index in [1.54, 1.807) is 25.5 Å². The Bertz CT molecular complexity index is 937. The maximum Gasteiger partial charge on any atom is 0.261 e. The van der Waals surface area contributed by atoms with E-state index >= 15 is 0 Å². The van der Waals surface area contributed by atoms with Crippen molar-refractivity contribution < 1.29 is 14.0 Å². The van der Waals surface area contributed by atoms with Crippen molar-refractivity contribution in [1.82, 2.24) is 19.7 Å². The Labute approximate surface area is 131 Å². The Morgan fingerprint density at radius 1 is 1.22 bits per heavy atom. The summed E-state index contributed by atoms with van der Waals surface area (Å²) in [6.45, 7) is 2.05. The molecule has 1 aromatic carbocycles. The second kappa shape index (κ2) is 5.36. The van der Waals surface area contributed by atoms with Gasteiger partial charge in [-0.05, 0) is 25.1 Å². The molecule has 0 aliphatic heterocycles. The first-order chi connectivity index (χ1) is 11.2. The number of aromatic nitrogens is 4. The van der Waals surface area contributed by atoms with Crippen LogP contribution in [0.15, 0.2) is 51.8 Å². The zero-order valence-electron chi connectivity index (χ0n) is 12.4. The Morgan fingerprint density at radius 2 is 2.09 bits per heavy atom. The van der Waals surface area contributed by atoms with Gasteiger partial charge in [0, 0.05) is 0 Å². The number of rotatable bonds is 4. The summed E-state index contributed by atoms with van der Waals surface area (Å²) < 4.78 is 12.2. The summed E-state index contributed by atoms with van der Waals surface area (Å²) >= 11 is 0. The standard InChI is InChI=1S/C16H14N4O3/c1-10(21)15-17-12-4-2-3-5-13(12)20(15)8-14-18-16(23-19-14)11-6-7-22-9-11/h2-7,9-10,21H,8H2,1H3/t10-/m1/s1. The molecule has 3 aromatic heterocycles. The van der Waals surface area contributed by atoms with Crippen LogP contribution in [0.2, 0.25) is 0 Å². The van der Waals surface area contributed by atoms with Crippen molar-refractivity contribution in [2.75, 3.05) is 0 Å². The molecule has 1 N–H and O–H groups in total. The number of benzene rings is 1. The molecule has 3 heterocycles. The van der Waals surface area contributed by atoms with Gasteiger partial charge < -0.3 is 18.6 Å². The molecule has 0 unspecified atom stereocenters. The van der Waals surface area contributed by atoms with Gasteiger partial charge in [-0.15, -0.1) is 0 Å². The average molecular weight is 310 g/mol.